The average molecular weight is 329 g/mol. The lowest BCUT2D eigenvalue weighted by atomic mass is 10.2. The van der Waals surface area contributed by atoms with Crippen molar-refractivity contribution in [3.63, 3.8) is 0 Å². The van der Waals surface area contributed by atoms with Crippen LogP contribution in [0.5, 0.6) is 0 Å². The normalized spacial score (nSPS) is 10.5. The summed E-state index contributed by atoms with van der Waals surface area (Å²) in [6, 6.07) is 13.8. The summed E-state index contributed by atoms with van der Waals surface area (Å²) >= 11 is 11.1. The zero-order chi connectivity index (χ0) is 12.3. The quantitative estimate of drug-likeness (QED) is 0.635. The van der Waals surface area contributed by atoms with Crippen LogP contribution < -0.4 is 5.73 Å². The molecule has 0 radical (unpaired) electrons. The fourth-order valence-corrected chi connectivity index (χ4v) is 2.84. The van der Waals surface area contributed by atoms with Crippen molar-refractivity contribution in [1.29, 1.82) is 0 Å². The number of rotatable bonds is 3. The second kappa shape index (κ2) is 5.80. The lowest BCUT2D eigenvalue weighted by Gasteiger charge is -2.06. The molecule has 0 aliphatic rings. The Morgan fingerprint density at radius 2 is 1.82 bits per heavy atom. The first kappa shape index (κ1) is 12.8. The van der Waals surface area contributed by atoms with Crippen LogP contribution in [0.4, 0.5) is 5.69 Å². The molecule has 17 heavy (non-hydrogen) atoms. The highest BCUT2D eigenvalue weighted by atomic mass is 79.9. The zero-order valence-corrected chi connectivity index (χ0v) is 12.1. The van der Waals surface area contributed by atoms with Gasteiger partial charge in [-0.15, -0.1) is 11.8 Å². The summed E-state index contributed by atoms with van der Waals surface area (Å²) in [5.41, 5.74) is 7.93. The summed E-state index contributed by atoms with van der Waals surface area (Å²) < 4.78 is 1.09. The molecule has 0 amide bonds. The largest absolute Gasteiger partial charge is 0.398 e. The summed E-state index contributed by atoms with van der Waals surface area (Å²) in [4.78, 5) is 1.03. The Labute approximate surface area is 118 Å². The van der Waals surface area contributed by atoms with Gasteiger partial charge in [-0.2, -0.15) is 0 Å². The van der Waals surface area contributed by atoms with Gasteiger partial charge in [0.1, 0.15) is 0 Å². The van der Waals surface area contributed by atoms with E-state index < -0.39 is 0 Å². The van der Waals surface area contributed by atoms with Gasteiger partial charge in [0.2, 0.25) is 0 Å². The molecular formula is C13H11BrClNS. The Morgan fingerprint density at radius 3 is 2.53 bits per heavy atom. The third-order valence-corrected chi connectivity index (χ3v) is 4.19. The van der Waals surface area contributed by atoms with Gasteiger partial charge in [-0.25, -0.2) is 0 Å². The van der Waals surface area contributed by atoms with Crippen molar-refractivity contribution in [2.24, 2.45) is 0 Å². The van der Waals surface area contributed by atoms with Crippen LogP contribution in [0, 0.1) is 0 Å². The first-order valence-electron chi connectivity index (χ1n) is 5.07. The van der Waals surface area contributed by atoms with E-state index in [-0.39, 0.29) is 0 Å². The monoisotopic (exact) mass is 327 g/mol. The Kier molecular flexibility index (Phi) is 4.37. The predicted molar refractivity (Wildman–Crippen MR) is 79.6 cm³/mol. The van der Waals surface area contributed by atoms with E-state index >= 15 is 0 Å². The van der Waals surface area contributed by atoms with Crippen molar-refractivity contribution in [3.8, 4) is 0 Å². The van der Waals surface area contributed by atoms with Crippen molar-refractivity contribution in [2.75, 3.05) is 5.73 Å². The molecule has 1 nitrogen and oxygen atoms in total. The van der Waals surface area contributed by atoms with E-state index in [0.29, 0.717) is 0 Å². The topological polar surface area (TPSA) is 26.0 Å². The maximum atomic E-state index is 5.94. The molecule has 4 heteroatoms. The maximum Gasteiger partial charge on any atom is 0.0453 e. The second-order valence-electron chi connectivity index (χ2n) is 3.60. The molecule has 0 saturated carbocycles. The van der Waals surface area contributed by atoms with Crippen LogP contribution in [0.25, 0.3) is 0 Å². The highest BCUT2D eigenvalue weighted by Gasteiger charge is 2.02. The summed E-state index contributed by atoms with van der Waals surface area (Å²) in [5, 5.41) is 0.720. The SMILES string of the molecule is Nc1ccc(Cl)cc1SCc1ccc(Br)cc1. The van der Waals surface area contributed by atoms with Crippen molar-refractivity contribution in [1.82, 2.24) is 0 Å². The number of hydrogen-bond acceptors (Lipinski definition) is 2. The number of nitrogen functional groups attached to an aromatic ring is 1. The molecule has 2 N–H and O–H groups in total. The maximum absolute atomic E-state index is 5.94. The molecular weight excluding hydrogens is 318 g/mol. The van der Waals surface area contributed by atoms with Gasteiger partial charge >= 0.3 is 0 Å². The lowest BCUT2D eigenvalue weighted by Crippen LogP contribution is -1.88. The first-order chi connectivity index (χ1) is 8.15. The molecule has 0 aliphatic heterocycles. The number of anilines is 1. The number of hydrogen-bond donors (Lipinski definition) is 1. The van der Waals surface area contributed by atoms with Gasteiger partial charge in [0.05, 0.1) is 0 Å². The molecule has 2 rings (SSSR count). The number of nitrogens with two attached hydrogens (primary N) is 1. The molecule has 2 aromatic carbocycles. The van der Waals surface area contributed by atoms with E-state index in [9.17, 15) is 0 Å². The second-order valence-corrected chi connectivity index (χ2v) is 5.97. The number of thioether (sulfide) groups is 1. The van der Waals surface area contributed by atoms with Crippen molar-refractivity contribution in [2.45, 2.75) is 10.6 Å². The van der Waals surface area contributed by atoms with Gasteiger partial charge in [-0.3, -0.25) is 0 Å². The van der Waals surface area contributed by atoms with Gasteiger partial charge in [0.25, 0.3) is 0 Å². The molecule has 0 bridgehead atoms. The fourth-order valence-electron chi connectivity index (χ4n) is 1.37. The summed E-state index contributed by atoms with van der Waals surface area (Å²) in [5.74, 6) is 0.887. The van der Waals surface area contributed by atoms with Gasteiger partial charge in [0.15, 0.2) is 0 Å². The molecule has 2 aromatic rings. The van der Waals surface area contributed by atoms with E-state index in [2.05, 4.69) is 28.1 Å². The molecule has 0 unspecified atom stereocenters. The molecule has 0 spiro atoms. The lowest BCUT2D eigenvalue weighted by molar-refractivity contribution is 1.38. The van der Waals surface area contributed by atoms with Gasteiger partial charge < -0.3 is 5.73 Å². The van der Waals surface area contributed by atoms with Crippen LogP contribution in [0.2, 0.25) is 5.02 Å². The number of halogens is 2. The van der Waals surface area contributed by atoms with Crippen molar-refractivity contribution >= 4 is 45.0 Å². The molecule has 0 atom stereocenters. The van der Waals surface area contributed by atoms with Crippen LogP contribution in [-0.2, 0) is 5.75 Å². The molecule has 0 fully saturated rings. The predicted octanol–water partition coefficient (Wildman–Crippen LogP) is 4.98. The Bertz CT molecular complexity index is 513. The van der Waals surface area contributed by atoms with Gasteiger partial charge in [-0.05, 0) is 35.9 Å². The average Bonchev–Trinajstić information content (AvgIpc) is 2.32. The van der Waals surface area contributed by atoms with Gasteiger partial charge in [0, 0.05) is 25.8 Å². The van der Waals surface area contributed by atoms with E-state index in [1.54, 1.807) is 17.8 Å². The highest BCUT2D eigenvalue weighted by Crippen LogP contribution is 2.30. The standard InChI is InChI=1S/C13H11BrClNS/c14-10-3-1-9(2-4-10)8-17-13-7-11(15)5-6-12(13)16/h1-7H,8,16H2. The fraction of sp³-hybridized carbons (Fsp3) is 0.0769. The van der Waals surface area contributed by atoms with E-state index in [1.165, 1.54) is 5.56 Å². The van der Waals surface area contributed by atoms with Crippen LogP contribution in [0.15, 0.2) is 51.8 Å². The smallest absolute Gasteiger partial charge is 0.0453 e. The third-order valence-electron chi connectivity index (χ3n) is 2.28. The molecule has 0 saturated heterocycles. The molecule has 0 heterocycles. The summed E-state index contributed by atoms with van der Waals surface area (Å²) in [6.45, 7) is 0. The van der Waals surface area contributed by atoms with Crippen molar-refractivity contribution < 1.29 is 0 Å². The van der Waals surface area contributed by atoms with Crippen LogP contribution in [-0.4, -0.2) is 0 Å². The number of benzene rings is 2. The molecule has 0 aromatic heterocycles. The van der Waals surface area contributed by atoms with Crippen LogP contribution >= 0.6 is 39.3 Å². The van der Waals surface area contributed by atoms with E-state index in [1.807, 2.05) is 24.3 Å². The van der Waals surface area contributed by atoms with E-state index in [4.69, 9.17) is 17.3 Å². The van der Waals surface area contributed by atoms with Gasteiger partial charge in [-0.1, -0.05) is 39.7 Å². The Balaban J connectivity index is 2.07. The first-order valence-corrected chi connectivity index (χ1v) is 7.23. The highest BCUT2D eigenvalue weighted by molar-refractivity contribution is 9.10. The molecule has 0 aliphatic carbocycles. The minimum absolute atomic E-state index is 0.720. The summed E-state index contributed by atoms with van der Waals surface area (Å²) in [7, 11) is 0. The van der Waals surface area contributed by atoms with Crippen molar-refractivity contribution in [3.05, 3.63) is 57.5 Å². The third kappa shape index (κ3) is 3.66. The molecule has 88 valence electrons. The zero-order valence-electron chi connectivity index (χ0n) is 8.99. The summed E-state index contributed by atoms with van der Waals surface area (Å²) in [6.07, 6.45) is 0. The Hall–Kier alpha value is -0.640. The Morgan fingerprint density at radius 1 is 1.12 bits per heavy atom. The van der Waals surface area contributed by atoms with Crippen LogP contribution in [0.1, 0.15) is 5.56 Å². The van der Waals surface area contributed by atoms with E-state index in [0.717, 1.165) is 25.8 Å². The minimum Gasteiger partial charge on any atom is -0.398 e. The van der Waals surface area contributed by atoms with Crippen LogP contribution in [0.3, 0.4) is 0 Å². The minimum atomic E-state index is 0.720.